The molecule has 0 bridgehead atoms. The maximum absolute atomic E-state index is 12.9. The third kappa shape index (κ3) is 4.61. The molecule has 2 N–H and O–H groups in total. The number of hydrogen-bond acceptors (Lipinski definition) is 4. The smallest absolute Gasteiger partial charge is 0.341 e. The Hall–Kier alpha value is -2.08. The Labute approximate surface area is 164 Å². The lowest BCUT2D eigenvalue weighted by molar-refractivity contribution is -0.148. The molecular formula is C20H25ClN2O4. The lowest BCUT2D eigenvalue weighted by Crippen LogP contribution is -2.45. The molecular weight excluding hydrogens is 368 g/mol. The van der Waals surface area contributed by atoms with Crippen LogP contribution in [0.15, 0.2) is 23.2 Å². The first-order chi connectivity index (χ1) is 13.0. The lowest BCUT2D eigenvalue weighted by atomic mass is 9.86. The van der Waals surface area contributed by atoms with E-state index in [1.165, 1.54) is 31.4 Å². The van der Waals surface area contributed by atoms with E-state index >= 15 is 0 Å². The molecule has 1 aromatic carbocycles. The van der Waals surface area contributed by atoms with Crippen LogP contribution in [0, 0.1) is 11.8 Å². The summed E-state index contributed by atoms with van der Waals surface area (Å²) in [5.74, 6) is -0.695. The number of halogens is 1. The van der Waals surface area contributed by atoms with Gasteiger partial charge in [0.05, 0.1) is 12.6 Å². The summed E-state index contributed by atoms with van der Waals surface area (Å²) in [4.78, 5) is 29.0. The van der Waals surface area contributed by atoms with Crippen LogP contribution in [-0.2, 0) is 9.53 Å². The highest BCUT2D eigenvalue weighted by atomic mass is 35.5. The highest BCUT2D eigenvalue weighted by Crippen LogP contribution is 2.35. The van der Waals surface area contributed by atoms with E-state index in [-0.39, 0.29) is 10.8 Å². The van der Waals surface area contributed by atoms with Crippen LogP contribution in [0.2, 0.25) is 5.02 Å². The van der Waals surface area contributed by atoms with E-state index < -0.39 is 24.0 Å². The van der Waals surface area contributed by atoms with Gasteiger partial charge in [-0.25, -0.2) is 9.79 Å². The molecule has 0 spiro atoms. The summed E-state index contributed by atoms with van der Waals surface area (Å²) < 4.78 is 5.64. The fourth-order valence-corrected chi connectivity index (χ4v) is 4.17. The topological polar surface area (TPSA) is 88.0 Å². The Balaban J connectivity index is 1.83. The van der Waals surface area contributed by atoms with Gasteiger partial charge in [-0.1, -0.05) is 43.9 Å². The second kappa shape index (κ2) is 8.74. The standard InChI is InChI=1S/C20H25ClN2O4/c1-2-16-17(19(25)27-11-12-6-4-3-5-7-12)18(23-20(26)22-16)14-9-8-13(24)10-15(14)21/h8-10,12,17-18,24H,2-7,11H2,1H3,(H,23,26). The average molecular weight is 393 g/mol. The fraction of sp³-hybridized carbons (Fsp3) is 0.550. The van der Waals surface area contributed by atoms with Crippen molar-refractivity contribution in [3.05, 3.63) is 28.8 Å². The second-order valence-corrected chi connectivity index (χ2v) is 7.61. The molecule has 1 heterocycles. The highest BCUT2D eigenvalue weighted by molar-refractivity contribution is 6.31. The quantitative estimate of drug-likeness (QED) is 0.727. The molecule has 1 saturated carbocycles. The van der Waals surface area contributed by atoms with Crippen molar-refractivity contribution in [2.24, 2.45) is 16.8 Å². The zero-order valence-corrected chi connectivity index (χ0v) is 16.2. The molecule has 6 nitrogen and oxygen atoms in total. The largest absolute Gasteiger partial charge is 0.508 e. The molecule has 2 aliphatic rings. The van der Waals surface area contributed by atoms with Gasteiger partial charge in [-0.2, -0.15) is 0 Å². The maximum atomic E-state index is 12.9. The molecule has 1 fully saturated rings. The molecule has 1 aromatic rings. The Morgan fingerprint density at radius 3 is 2.74 bits per heavy atom. The SMILES string of the molecule is CCC1=NC(=O)NC(c2ccc(O)cc2Cl)C1C(=O)OCC1CCCCC1. The fourth-order valence-electron chi connectivity index (χ4n) is 3.88. The number of nitrogens with zero attached hydrogens (tertiary/aromatic N) is 1. The van der Waals surface area contributed by atoms with Crippen molar-refractivity contribution in [1.82, 2.24) is 5.32 Å². The Morgan fingerprint density at radius 1 is 1.33 bits per heavy atom. The van der Waals surface area contributed by atoms with Gasteiger partial charge in [-0.05, 0) is 42.9 Å². The van der Waals surface area contributed by atoms with Crippen molar-refractivity contribution in [3.63, 3.8) is 0 Å². The number of carbonyl (C=O) groups is 2. The average Bonchev–Trinajstić information content (AvgIpc) is 2.66. The molecule has 0 saturated heterocycles. The summed E-state index contributed by atoms with van der Waals surface area (Å²) in [6.07, 6.45) is 6.22. The van der Waals surface area contributed by atoms with E-state index in [1.807, 2.05) is 6.92 Å². The molecule has 146 valence electrons. The number of hydrogen-bond donors (Lipinski definition) is 2. The number of phenols is 1. The minimum absolute atomic E-state index is 0.0201. The number of esters is 1. The predicted octanol–water partition coefficient (Wildman–Crippen LogP) is 4.40. The molecule has 1 aliphatic heterocycles. The summed E-state index contributed by atoms with van der Waals surface area (Å²) in [5.41, 5.74) is 1.05. The highest BCUT2D eigenvalue weighted by Gasteiger charge is 2.40. The van der Waals surface area contributed by atoms with Crippen molar-refractivity contribution in [2.75, 3.05) is 6.61 Å². The summed E-state index contributed by atoms with van der Waals surface area (Å²) in [6.45, 7) is 2.25. The van der Waals surface area contributed by atoms with E-state index in [4.69, 9.17) is 16.3 Å². The van der Waals surface area contributed by atoms with Gasteiger partial charge in [-0.3, -0.25) is 4.79 Å². The number of carbonyl (C=O) groups excluding carboxylic acids is 2. The van der Waals surface area contributed by atoms with Gasteiger partial charge in [0.2, 0.25) is 0 Å². The van der Waals surface area contributed by atoms with Crippen LogP contribution in [0.4, 0.5) is 4.79 Å². The zero-order valence-electron chi connectivity index (χ0n) is 15.4. The molecule has 2 amide bonds. The van der Waals surface area contributed by atoms with E-state index in [0.717, 1.165) is 12.8 Å². The van der Waals surface area contributed by atoms with Gasteiger partial charge in [0.25, 0.3) is 0 Å². The molecule has 0 aromatic heterocycles. The second-order valence-electron chi connectivity index (χ2n) is 7.20. The molecule has 2 atom stereocenters. The third-order valence-electron chi connectivity index (χ3n) is 5.34. The lowest BCUT2D eigenvalue weighted by Gasteiger charge is -2.32. The number of nitrogens with one attached hydrogen (secondary N) is 1. The van der Waals surface area contributed by atoms with Gasteiger partial charge in [0, 0.05) is 10.7 Å². The number of phenolic OH excluding ortho intramolecular Hbond substituents is 1. The van der Waals surface area contributed by atoms with E-state index in [2.05, 4.69) is 10.3 Å². The van der Waals surface area contributed by atoms with Crippen LogP contribution >= 0.6 is 11.6 Å². The number of ether oxygens (including phenoxy) is 1. The minimum atomic E-state index is -0.724. The van der Waals surface area contributed by atoms with Crippen LogP contribution < -0.4 is 5.32 Å². The maximum Gasteiger partial charge on any atom is 0.341 e. The summed E-state index contributed by atoms with van der Waals surface area (Å²) in [6, 6.07) is 3.32. The van der Waals surface area contributed by atoms with Gasteiger partial charge < -0.3 is 15.2 Å². The van der Waals surface area contributed by atoms with Gasteiger partial charge in [0.15, 0.2) is 0 Å². The molecule has 7 heteroatoms. The number of urea groups is 1. The molecule has 2 unspecified atom stereocenters. The third-order valence-corrected chi connectivity index (χ3v) is 5.67. The first kappa shape index (κ1) is 19.7. The summed E-state index contributed by atoms with van der Waals surface area (Å²) in [7, 11) is 0. The minimum Gasteiger partial charge on any atom is -0.508 e. The van der Waals surface area contributed by atoms with Crippen LogP contribution in [0.1, 0.15) is 57.1 Å². The van der Waals surface area contributed by atoms with Crippen molar-refractivity contribution in [3.8, 4) is 5.75 Å². The van der Waals surface area contributed by atoms with Gasteiger partial charge in [-0.15, -0.1) is 0 Å². The first-order valence-electron chi connectivity index (χ1n) is 9.52. The van der Waals surface area contributed by atoms with Crippen molar-refractivity contribution < 1.29 is 19.4 Å². The summed E-state index contributed by atoms with van der Waals surface area (Å²) in [5, 5.41) is 12.6. The van der Waals surface area contributed by atoms with Gasteiger partial charge >= 0.3 is 12.0 Å². The Kier molecular flexibility index (Phi) is 6.37. The van der Waals surface area contributed by atoms with Crippen LogP contribution in [-0.4, -0.2) is 29.4 Å². The van der Waals surface area contributed by atoms with Crippen molar-refractivity contribution in [2.45, 2.75) is 51.5 Å². The van der Waals surface area contributed by atoms with Crippen LogP contribution in [0.5, 0.6) is 5.75 Å². The van der Waals surface area contributed by atoms with Crippen LogP contribution in [0.25, 0.3) is 0 Å². The summed E-state index contributed by atoms with van der Waals surface area (Å²) >= 11 is 6.27. The first-order valence-corrected chi connectivity index (χ1v) is 9.90. The Morgan fingerprint density at radius 2 is 2.07 bits per heavy atom. The number of amides is 2. The van der Waals surface area contributed by atoms with Crippen LogP contribution in [0.3, 0.4) is 0 Å². The number of benzene rings is 1. The number of rotatable bonds is 5. The number of aromatic hydroxyl groups is 1. The monoisotopic (exact) mass is 392 g/mol. The molecule has 3 rings (SSSR count). The Bertz CT molecular complexity index is 743. The van der Waals surface area contributed by atoms with Gasteiger partial charge in [0.1, 0.15) is 11.7 Å². The predicted molar refractivity (Wildman–Crippen MR) is 103 cm³/mol. The van der Waals surface area contributed by atoms with Crippen molar-refractivity contribution in [1.29, 1.82) is 0 Å². The zero-order chi connectivity index (χ0) is 19.4. The van der Waals surface area contributed by atoms with E-state index in [1.54, 1.807) is 6.07 Å². The normalized spacial score (nSPS) is 23.5. The van der Waals surface area contributed by atoms with Crippen molar-refractivity contribution >= 4 is 29.3 Å². The molecule has 1 aliphatic carbocycles. The molecule has 27 heavy (non-hydrogen) atoms. The number of aliphatic imine (C=N–C) groups is 1. The molecule has 0 radical (unpaired) electrons. The van der Waals surface area contributed by atoms with E-state index in [9.17, 15) is 14.7 Å². The van der Waals surface area contributed by atoms with E-state index in [0.29, 0.717) is 30.2 Å².